The normalized spacial score (nSPS) is 11.2. The molecule has 1 aromatic rings. The number of benzene rings is 1. The lowest BCUT2D eigenvalue weighted by molar-refractivity contribution is -0.869. The third-order valence-corrected chi connectivity index (χ3v) is 3.13. The molecule has 0 saturated carbocycles. The quantitative estimate of drug-likeness (QED) is 0.661. The van der Waals surface area contributed by atoms with Crippen LogP contribution in [0.4, 0.5) is 0 Å². The smallest absolute Gasteiger partial charge is 0.252 e. The minimum atomic E-state index is 0.0125. The van der Waals surface area contributed by atoms with Crippen LogP contribution in [-0.2, 0) is 0 Å². The van der Waals surface area contributed by atoms with E-state index < -0.39 is 0 Å². The zero-order valence-electron chi connectivity index (χ0n) is 9.96. The molecule has 1 rings (SSSR count). The third kappa shape index (κ3) is 4.49. The van der Waals surface area contributed by atoms with Crippen molar-refractivity contribution in [3.8, 4) is 0 Å². The Labute approximate surface area is 111 Å². The predicted octanol–water partition coefficient (Wildman–Crippen LogP) is 1.73. The van der Waals surface area contributed by atoms with Crippen LogP contribution in [0, 0.1) is 3.57 Å². The molecule has 1 aromatic carbocycles. The number of rotatable bonds is 4. The molecule has 0 heterocycles. The molecule has 0 saturated heterocycles. The highest BCUT2D eigenvalue weighted by atomic mass is 125. The van der Waals surface area contributed by atoms with Gasteiger partial charge in [0, 0.05) is 3.57 Å². The summed E-state index contributed by atoms with van der Waals surface area (Å²) in [6.07, 6.45) is 0. The minimum absolute atomic E-state index is 0.0125. The summed E-state index contributed by atoms with van der Waals surface area (Å²) in [7, 11) is 6.33. The molecule has 0 aromatic heterocycles. The van der Waals surface area contributed by atoms with E-state index >= 15 is 0 Å². The predicted molar refractivity (Wildman–Crippen MR) is 74.4 cm³/mol. The highest BCUT2D eigenvalue weighted by Crippen LogP contribution is 2.10. The van der Waals surface area contributed by atoms with Gasteiger partial charge in [0.15, 0.2) is 0 Å². The molecule has 0 atom stereocenters. The largest absolute Gasteiger partial charge is 0.346 e. The summed E-state index contributed by atoms with van der Waals surface area (Å²) in [5, 5.41) is 2.94. The van der Waals surface area contributed by atoms with Gasteiger partial charge in [0.2, 0.25) is 0 Å². The number of halogens is 1. The molecule has 4 heteroatoms. The van der Waals surface area contributed by atoms with Crippen molar-refractivity contribution >= 4 is 28.5 Å². The molecular weight excluding hydrogens is 313 g/mol. The van der Waals surface area contributed by atoms with Crippen molar-refractivity contribution in [2.24, 2.45) is 0 Å². The molecule has 0 radical (unpaired) electrons. The van der Waals surface area contributed by atoms with E-state index in [9.17, 15) is 4.79 Å². The third-order valence-electron chi connectivity index (χ3n) is 2.19. The van der Waals surface area contributed by atoms with Gasteiger partial charge in [-0.15, -0.1) is 0 Å². The fraction of sp³-hybridized carbons (Fsp3) is 0.417. The Morgan fingerprint density at radius 2 is 1.94 bits per heavy atom. The average Bonchev–Trinajstić information content (AvgIpc) is 2.16. The van der Waals surface area contributed by atoms with Gasteiger partial charge < -0.3 is 9.80 Å². The van der Waals surface area contributed by atoms with Gasteiger partial charge in [-0.25, -0.2) is 0 Å². The van der Waals surface area contributed by atoms with Crippen molar-refractivity contribution in [2.75, 3.05) is 34.2 Å². The summed E-state index contributed by atoms with van der Waals surface area (Å²) in [6.45, 7) is 1.63. The van der Waals surface area contributed by atoms with E-state index in [1.165, 1.54) is 0 Å². The zero-order valence-corrected chi connectivity index (χ0v) is 12.1. The molecular formula is C12H18IN2O+. The first-order valence-corrected chi connectivity index (χ1v) is 6.31. The van der Waals surface area contributed by atoms with E-state index in [2.05, 4.69) is 49.1 Å². The van der Waals surface area contributed by atoms with Crippen LogP contribution in [-0.4, -0.2) is 44.6 Å². The molecule has 3 nitrogen and oxygen atoms in total. The Bertz CT molecular complexity index is 372. The topological polar surface area (TPSA) is 29.1 Å². The number of hydrogen-bond acceptors (Lipinski definition) is 1. The first-order valence-electron chi connectivity index (χ1n) is 5.23. The maximum atomic E-state index is 11.8. The van der Waals surface area contributed by atoms with E-state index in [0.717, 1.165) is 20.2 Å². The standard InChI is InChI=1S/C12H17IN2O/c1-15(2,3)9-8-14-12(16)10-6-4-5-7-11(10)13/h4-7H,8-9H2,1-3H3/p+1/i13-2. The number of likely N-dealkylation sites (N-methyl/N-ethyl adjacent to an activating group) is 1. The SMILES string of the molecule is C[N+](C)(C)CCNC(=O)c1ccccc1[125I]. The van der Waals surface area contributed by atoms with Crippen LogP contribution >= 0.6 is 22.6 Å². The Kier molecular flexibility index (Phi) is 4.73. The van der Waals surface area contributed by atoms with Crippen LogP contribution in [0.15, 0.2) is 24.3 Å². The van der Waals surface area contributed by atoms with Crippen molar-refractivity contribution in [3.05, 3.63) is 33.4 Å². The Balaban J connectivity index is 2.51. The molecule has 1 amide bonds. The summed E-state index contributed by atoms with van der Waals surface area (Å²) in [4.78, 5) is 11.8. The van der Waals surface area contributed by atoms with Crippen molar-refractivity contribution in [1.82, 2.24) is 5.32 Å². The van der Waals surface area contributed by atoms with Crippen molar-refractivity contribution in [3.63, 3.8) is 0 Å². The highest BCUT2D eigenvalue weighted by Gasteiger charge is 2.11. The maximum absolute atomic E-state index is 11.8. The zero-order chi connectivity index (χ0) is 12.2. The molecule has 0 aliphatic heterocycles. The van der Waals surface area contributed by atoms with Gasteiger partial charge in [-0.05, 0) is 34.7 Å². The lowest BCUT2D eigenvalue weighted by Gasteiger charge is -2.23. The highest BCUT2D eigenvalue weighted by molar-refractivity contribution is 14.1. The van der Waals surface area contributed by atoms with Gasteiger partial charge in [0.1, 0.15) is 0 Å². The van der Waals surface area contributed by atoms with Crippen LogP contribution < -0.4 is 5.32 Å². The van der Waals surface area contributed by atoms with Crippen LogP contribution in [0.25, 0.3) is 0 Å². The first kappa shape index (κ1) is 13.4. The molecule has 0 fully saturated rings. The number of nitrogens with zero attached hydrogens (tertiary/aromatic N) is 1. The number of carbonyl (C=O) groups is 1. The molecule has 1 N–H and O–H groups in total. The van der Waals surface area contributed by atoms with Gasteiger partial charge in [-0.3, -0.25) is 4.79 Å². The summed E-state index contributed by atoms with van der Waals surface area (Å²) < 4.78 is 1.84. The number of quaternary nitrogens is 1. The molecule has 0 aliphatic carbocycles. The van der Waals surface area contributed by atoms with Gasteiger partial charge in [0.25, 0.3) is 5.91 Å². The minimum Gasteiger partial charge on any atom is -0.346 e. The average molecular weight is 331 g/mol. The molecule has 0 spiro atoms. The van der Waals surface area contributed by atoms with E-state index in [-0.39, 0.29) is 5.91 Å². The van der Waals surface area contributed by atoms with Crippen LogP contribution in [0.2, 0.25) is 0 Å². The second-order valence-corrected chi connectivity index (χ2v) is 5.91. The fourth-order valence-electron chi connectivity index (χ4n) is 1.25. The van der Waals surface area contributed by atoms with E-state index in [0.29, 0.717) is 6.54 Å². The molecule has 16 heavy (non-hydrogen) atoms. The Morgan fingerprint density at radius 1 is 1.31 bits per heavy atom. The van der Waals surface area contributed by atoms with Gasteiger partial charge in [-0.2, -0.15) is 0 Å². The van der Waals surface area contributed by atoms with E-state index in [4.69, 9.17) is 0 Å². The summed E-state index contributed by atoms with van der Waals surface area (Å²) in [5.74, 6) is 0.0125. The van der Waals surface area contributed by atoms with Crippen molar-refractivity contribution < 1.29 is 9.28 Å². The van der Waals surface area contributed by atoms with Crippen LogP contribution in [0.5, 0.6) is 0 Å². The number of carbonyl (C=O) groups excluding carboxylic acids is 1. The summed E-state index contributed by atoms with van der Waals surface area (Å²) in [6, 6.07) is 7.61. The number of amides is 1. The number of hydrogen-bond donors (Lipinski definition) is 1. The maximum Gasteiger partial charge on any atom is 0.252 e. The van der Waals surface area contributed by atoms with E-state index in [1.54, 1.807) is 0 Å². The summed E-state index contributed by atoms with van der Waals surface area (Å²) in [5.41, 5.74) is 0.754. The Morgan fingerprint density at radius 3 is 2.50 bits per heavy atom. The lowest BCUT2D eigenvalue weighted by Crippen LogP contribution is -2.42. The van der Waals surface area contributed by atoms with Gasteiger partial charge >= 0.3 is 0 Å². The summed E-state index contributed by atoms with van der Waals surface area (Å²) >= 11 is 2.18. The Hall–Kier alpha value is -0.620. The van der Waals surface area contributed by atoms with Crippen molar-refractivity contribution in [1.29, 1.82) is 0 Å². The molecule has 0 aliphatic rings. The van der Waals surface area contributed by atoms with Crippen LogP contribution in [0.3, 0.4) is 0 Å². The van der Waals surface area contributed by atoms with Gasteiger partial charge in [-0.1, -0.05) is 12.1 Å². The molecule has 0 bridgehead atoms. The second-order valence-electron chi connectivity index (χ2n) is 4.75. The fourth-order valence-corrected chi connectivity index (χ4v) is 1.88. The second kappa shape index (κ2) is 5.63. The lowest BCUT2D eigenvalue weighted by atomic mass is 10.2. The van der Waals surface area contributed by atoms with Crippen LogP contribution in [0.1, 0.15) is 10.4 Å². The molecule has 0 unspecified atom stereocenters. The number of nitrogens with one attached hydrogen (secondary N) is 1. The monoisotopic (exact) mass is 331 g/mol. The van der Waals surface area contributed by atoms with Crippen molar-refractivity contribution in [2.45, 2.75) is 0 Å². The van der Waals surface area contributed by atoms with Gasteiger partial charge in [0.05, 0.1) is 39.8 Å². The molecule has 88 valence electrons. The first-order chi connectivity index (χ1) is 7.40. The van der Waals surface area contributed by atoms with E-state index in [1.807, 2.05) is 24.3 Å².